The van der Waals surface area contributed by atoms with Crippen LogP contribution >= 0.6 is 0 Å². The predicted octanol–water partition coefficient (Wildman–Crippen LogP) is 3.03. The number of piperidine rings is 1. The number of anilines is 1. The second kappa shape index (κ2) is 6.67. The molecule has 3 aromatic rings. The summed E-state index contributed by atoms with van der Waals surface area (Å²) in [6, 6.07) is 0.872. The van der Waals surface area contributed by atoms with Gasteiger partial charge in [0.15, 0.2) is 11.5 Å². The highest BCUT2D eigenvalue weighted by atomic mass is 19.4. The van der Waals surface area contributed by atoms with E-state index in [4.69, 9.17) is 0 Å². The second-order valence-corrected chi connectivity index (χ2v) is 6.50. The molecule has 10 heteroatoms. The lowest BCUT2D eigenvalue weighted by Gasteiger charge is -2.33. The number of aryl methyl sites for hydroxylation is 1. The van der Waals surface area contributed by atoms with E-state index in [-0.39, 0.29) is 6.04 Å². The number of halogens is 3. The Kier molecular flexibility index (Phi) is 4.33. The summed E-state index contributed by atoms with van der Waals surface area (Å²) in [5.41, 5.74) is -0.864. The normalized spacial score (nSPS) is 18.1. The first-order valence-electron chi connectivity index (χ1n) is 8.61. The Morgan fingerprint density at radius 1 is 1.15 bits per heavy atom. The third kappa shape index (κ3) is 3.51. The number of rotatable bonds is 3. The van der Waals surface area contributed by atoms with Crippen molar-refractivity contribution in [3.8, 4) is 5.82 Å². The van der Waals surface area contributed by atoms with Crippen molar-refractivity contribution < 1.29 is 13.2 Å². The number of nitrogens with zero attached hydrogens (tertiary/aromatic N) is 7. The Morgan fingerprint density at radius 3 is 2.67 bits per heavy atom. The van der Waals surface area contributed by atoms with Crippen LogP contribution in [0.5, 0.6) is 0 Å². The van der Waals surface area contributed by atoms with E-state index in [0.717, 1.165) is 31.3 Å². The molecule has 4 rings (SSSR count). The van der Waals surface area contributed by atoms with E-state index >= 15 is 0 Å². The summed E-state index contributed by atoms with van der Waals surface area (Å²) in [6.07, 6.45) is 5.40. The largest absolute Gasteiger partial charge is 0.435 e. The fraction of sp³-hybridized carbons (Fsp3) is 0.412. The van der Waals surface area contributed by atoms with E-state index < -0.39 is 11.9 Å². The highest BCUT2D eigenvalue weighted by Gasteiger charge is 2.34. The van der Waals surface area contributed by atoms with Crippen molar-refractivity contribution in [3.63, 3.8) is 0 Å². The third-order valence-corrected chi connectivity index (χ3v) is 4.68. The van der Waals surface area contributed by atoms with Gasteiger partial charge in [-0.15, -0.1) is 0 Å². The zero-order valence-corrected chi connectivity index (χ0v) is 14.6. The van der Waals surface area contributed by atoms with Crippen LogP contribution in [0.4, 0.5) is 19.0 Å². The van der Waals surface area contributed by atoms with Gasteiger partial charge in [-0.2, -0.15) is 18.3 Å². The monoisotopic (exact) mass is 377 g/mol. The lowest BCUT2D eigenvalue weighted by molar-refractivity contribution is -0.141. The van der Waals surface area contributed by atoms with E-state index in [9.17, 15) is 13.2 Å². The lowest BCUT2D eigenvalue weighted by Crippen LogP contribution is -2.37. The molecule has 1 aliphatic heterocycles. The molecule has 1 saturated heterocycles. The zero-order chi connectivity index (χ0) is 19.0. The topological polar surface area (TPSA) is 64.7 Å². The van der Waals surface area contributed by atoms with Gasteiger partial charge in [0.25, 0.3) is 0 Å². The van der Waals surface area contributed by atoms with Gasteiger partial charge in [-0.05, 0) is 25.8 Å². The van der Waals surface area contributed by atoms with Gasteiger partial charge in [0, 0.05) is 31.7 Å². The fourth-order valence-electron chi connectivity index (χ4n) is 3.31. The molecule has 0 N–H and O–H groups in total. The van der Waals surface area contributed by atoms with Gasteiger partial charge in [0.2, 0.25) is 0 Å². The summed E-state index contributed by atoms with van der Waals surface area (Å²) in [6.45, 7) is 3.17. The Bertz CT molecular complexity index is 931. The molecule has 1 aliphatic rings. The van der Waals surface area contributed by atoms with E-state index in [1.54, 1.807) is 18.6 Å². The number of hydrogen-bond acceptors (Lipinski definition) is 5. The fourth-order valence-corrected chi connectivity index (χ4v) is 3.31. The predicted molar refractivity (Wildman–Crippen MR) is 91.6 cm³/mol. The van der Waals surface area contributed by atoms with Gasteiger partial charge >= 0.3 is 6.18 Å². The Labute approximate surface area is 153 Å². The molecular weight excluding hydrogens is 359 g/mol. The zero-order valence-electron chi connectivity index (χ0n) is 14.6. The smallest absolute Gasteiger partial charge is 0.353 e. The maximum Gasteiger partial charge on any atom is 0.435 e. The molecule has 0 spiro atoms. The molecule has 7 nitrogen and oxygen atoms in total. The lowest BCUT2D eigenvalue weighted by atomic mass is 10.1. The maximum atomic E-state index is 12.8. The van der Waals surface area contributed by atoms with Gasteiger partial charge in [-0.25, -0.2) is 9.97 Å². The van der Waals surface area contributed by atoms with Crippen molar-refractivity contribution in [1.29, 1.82) is 0 Å². The van der Waals surface area contributed by atoms with Crippen molar-refractivity contribution in [1.82, 2.24) is 29.3 Å². The molecule has 3 aromatic heterocycles. The van der Waals surface area contributed by atoms with Crippen molar-refractivity contribution in [2.45, 2.75) is 32.0 Å². The van der Waals surface area contributed by atoms with Gasteiger partial charge < -0.3 is 4.90 Å². The van der Waals surface area contributed by atoms with Crippen molar-refractivity contribution >= 4 is 5.82 Å². The van der Waals surface area contributed by atoms with Gasteiger partial charge in [-0.1, -0.05) is 0 Å². The first-order chi connectivity index (χ1) is 12.9. The highest BCUT2D eigenvalue weighted by Crippen LogP contribution is 2.30. The number of hydrogen-bond donors (Lipinski definition) is 0. The molecule has 0 radical (unpaired) electrons. The minimum absolute atomic E-state index is 0.143. The standard InChI is InChI=1S/C17H18F3N7/c1-12-22-5-8-26(12)16-10-21-9-15(23-16)25-6-2-3-13(11-25)27-7-4-14(24-27)17(18,19)20/h4-5,7-10,13H,2-3,6,11H2,1H3. The van der Waals surface area contributed by atoms with Gasteiger partial charge in [0.1, 0.15) is 11.6 Å². The molecule has 142 valence electrons. The Balaban J connectivity index is 1.55. The molecule has 1 unspecified atom stereocenters. The first kappa shape index (κ1) is 17.5. The first-order valence-corrected chi connectivity index (χ1v) is 8.61. The Hall–Kier alpha value is -2.91. The molecule has 1 fully saturated rings. The van der Waals surface area contributed by atoms with E-state index in [0.29, 0.717) is 18.2 Å². The summed E-state index contributed by atoms with van der Waals surface area (Å²) < 4.78 is 41.7. The second-order valence-electron chi connectivity index (χ2n) is 6.50. The van der Waals surface area contributed by atoms with Crippen LogP contribution in [0.2, 0.25) is 0 Å². The summed E-state index contributed by atoms with van der Waals surface area (Å²) in [7, 11) is 0. The molecular formula is C17H18F3N7. The van der Waals surface area contributed by atoms with Crippen molar-refractivity contribution in [2.75, 3.05) is 18.0 Å². The molecule has 27 heavy (non-hydrogen) atoms. The molecule has 4 heterocycles. The van der Waals surface area contributed by atoms with Gasteiger partial charge in [-0.3, -0.25) is 14.2 Å². The van der Waals surface area contributed by atoms with Crippen molar-refractivity contribution in [2.24, 2.45) is 0 Å². The summed E-state index contributed by atoms with van der Waals surface area (Å²) in [5.74, 6) is 2.14. The van der Waals surface area contributed by atoms with Crippen LogP contribution in [0.1, 0.15) is 30.4 Å². The average molecular weight is 377 g/mol. The average Bonchev–Trinajstić information content (AvgIpc) is 3.31. The van der Waals surface area contributed by atoms with Crippen molar-refractivity contribution in [3.05, 3.63) is 48.6 Å². The SMILES string of the molecule is Cc1nccn1-c1cncc(N2CCCC(n3ccc(C(F)(F)F)n3)C2)n1. The maximum absolute atomic E-state index is 12.8. The Morgan fingerprint density at radius 2 is 1.96 bits per heavy atom. The minimum atomic E-state index is -4.43. The van der Waals surface area contributed by atoms with Crippen LogP contribution in [-0.4, -0.2) is 42.4 Å². The number of imidazole rings is 1. The molecule has 0 aliphatic carbocycles. The summed E-state index contributed by atoms with van der Waals surface area (Å²) in [5, 5.41) is 3.72. The van der Waals surface area contributed by atoms with Crippen LogP contribution in [0.25, 0.3) is 5.82 Å². The van der Waals surface area contributed by atoms with E-state index in [2.05, 4.69) is 20.1 Å². The molecule has 0 saturated carbocycles. The number of aromatic nitrogens is 6. The molecule has 0 bridgehead atoms. The van der Waals surface area contributed by atoms with Crippen LogP contribution in [0, 0.1) is 6.92 Å². The minimum Gasteiger partial charge on any atom is -0.353 e. The van der Waals surface area contributed by atoms with Crippen LogP contribution in [0.3, 0.4) is 0 Å². The summed E-state index contributed by atoms with van der Waals surface area (Å²) in [4.78, 5) is 15.1. The highest BCUT2D eigenvalue weighted by molar-refractivity contribution is 5.40. The van der Waals surface area contributed by atoms with E-state index in [1.807, 2.05) is 22.6 Å². The quantitative estimate of drug-likeness (QED) is 0.702. The molecule has 0 aromatic carbocycles. The third-order valence-electron chi connectivity index (χ3n) is 4.68. The van der Waals surface area contributed by atoms with E-state index in [1.165, 1.54) is 10.9 Å². The molecule has 1 atom stereocenters. The van der Waals surface area contributed by atoms with Gasteiger partial charge in [0.05, 0.1) is 18.4 Å². The van der Waals surface area contributed by atoms with Crippen LogP contribution in [-0.2, 0) is 6.18 Å². The summed E-state index contributed by atoms with van der Waals surface area (Å²) >= 11 is 0. The molecule has 0 amide bonds. The van der Waals surface area contributed by atoms with Crippen LogP contribution < -0.4 is 4.90 Å². The van der Waals surface area contributed by atoms with Crippen LogP contribution in [0.15, 0.2) is 37.1 Å². The number of alkyl halides is 3.